The number of nitrogens with two attached hydrogens (primary N) is 1. The van der Waals surface area contributed by atoms with Gasteiger partial charge in [-0.25, -0.2) is 0 Å². The topological polar surface area (TPSA) is 52.3 Å². The van der Waals surface area contributed by atoms with Crippen molar-refractivity contribution in [2.75, 3.05) is 13.7 Å². The highest BCUT2D eigenvalue weighted by molar-refractivity contribution is 5.73. The standard InChI is InChI=1S/C11H19NO2/c1-14-10(13)9-6-11(7-9)4-8(5-11)2-3-12/h8-9H,2-7,12H2,1H3. The van der Waals surface area contributed by atoms with Crippen molar-refractivity contribution >= 4 is 5.97 Å². The van der Waals surface area contributed by atoms with Crippen molar-refractivity contribution in [2.24, 2.45) is 23.0 Å². The highest BCUT2D eigenvalue weighted by Crippen LogP contribution is 2.61. The molecule has 14 heavy (non-hydrogen) atoms. The summed E-state index contributed by atoms with van der Waals surface area (Å²) in [6.45, 7) is 0.807. The first kappa shape index (κ1) is 9.97. The maximum Gasteiger partial charge on any atom is 0.308 e. The molecule has 0 heterocycles. The molecule has 0 aromatic rings. The van der Waals surface area contributed by atoms with E-state index in [4.69, 9.17) is 10.5 Å². The van der Waals surface area contributed by atoms with Crippen LogP contribution in [0.5, 0.6) is 0 Å². The van der Waals surface area contributed by atoms with Crippen molar-refractivity contribution < 1.29 is 9.53 Å². The number of methoxy groups -OCH3 is 1. The third-order valence-electron chi connectivity index (χ3n) is 3.91. The van der Waals surface area contributed by atoms with Gasteiger partial charge in [-0.15, -0.1) is 0 Å². The zero-order valence-corrected chi connectivity index (χ0v) is 8.79. The average Bonchev–Trinajstić information content (AvgIpc) is 2.05. The molecule has 2 fully saturated rings. The van der Waals surface area contributed by atoms with Crippen molar-refractivity contribution in [1.82, 2.24) is 0 Å². The summed E-state index contributed by atoms with van der Waals surface area (Å²) < 4.78 is 4.73. The molecule has 2 aliphatic rings. The number of hydrogen-bond donors (Lipinski definition) is 1. The van der Waals surface area contributed by atoms with E-state index in [1.165, 1.54) is 20.0 Å². The maximum atomic E-state index is 11.2. The van der Waals surface area contributed by atoms with Gasteiger partial charge in [0.1, 0.15) is 0 Å². The van der Waals surface area contributed by atoms with Gasteiger partial charge >= 0.3 is 5.97 Å². The quantitative estimate of drug-likeness (QED) is 0.694. The molecule has 0 bridgehead atoms. The Kier molecular flexibility index (Phi) is 2.52. The first-order chi connectivity index (χ1) is 6.69. The summed E-state index contributed by atoms with van der Waals surface area (Å²) in [5, 5.41) is 0. The first-order valence-electron chi connectivity index (χ1n) is 5.47. The molecule has 2 aliphatic carbocycles. The van der Waals surface area contributed by atoms with Crippen LogP contribution < -0.4 is 5.73 Å². The van der Waals surface area contributed by atoms with Crippen LogP contribution in [0.4, 0.5) is 0 Å². The lowest BCUT2D eigenvalue weighted by molar-refractivity contribution is -0.161. The molecule has 0 saturated heterocycles. The summed E-state index contributed by atoms with van der Waals surface area (Å²) in [5.74, 6) is 1.01. The monoisotopic (exact) mass is 197 g/mol. The molecule has 2 N–H and O–H groups in total. The number of esters is 1. The van der Waals surface area contributed by atoms with Crippen molar-refractivity contribution in [1.29, 1.82) is 0 Å². The predicted molar refractivity (Wildman–Crippen MR) is 53.6 cm³/mol. The Bertz CT molecular complexity index is 225. The number of carbonyl (C=O) groups excluding carboxylic acids is 1. The van der Waals surface area contributed by atoms with Gasteiger partial charge in [0.15, 0.2) is 0 Å². The molecular formula is C11H19NO2. The Balaban J connectivity index is 1.71. The third kappa shape index (κ3) is 1.54. The summed E-state index contributed by atoms with van der Waals surface area (Å²) >= 11 is 0. The van der Waals surface area contributed by atoms with Crippen molar-refractivity contribution in [3.63, 3.8) is 0 Å². The fraction of sp³-hybridized carbons (Fsp3) is 0.909. The minimum absolute atomic E-state index is 0.0158. The summed E-state index contributed by atoms with van der Waals surface area (Å²) in [7, 11) is 1.48. The highest BCUT2D eigenvalue weighted by atomic mass is 16.5. The van der Waals surface area contributed by atoms with Crippen LogP contribution in [-0.2, 0) is 9.53 Å². The Morgan fingerprint density at radius 2 is 2.07 bits per heavy atom. The van der Waals surface area contributed by atoms with Crippen LogP contribution in [0.3, 0.4) is 0 Å². The molecule has 0 aromatic heterocycles. The van der Waals surface area contributed by atoms with Gasteiger partial charge < -0.3 is 10.5 Å². The number of rotatable bonds is 3. The minimum atomic E-state index is -0.0158. The van der Waals surface area contributed by atoms with Gasteiger partial charge in [0.2, 0.25) is 0 Å². The van der Waals surface area contributed by atoms with Crippen LogP contribution in [0.1, 0.15) is 32.1 Å². The van der Waals surface area contributed by atoms with Gasteiger partial charge in [0, 0.05) is 0 Å². The normalized spacial score (nSPS) is 40.1. The zero-order valence-electron chi connectivity index (χ0n) is 8.79. The second kappa shape index (κ2) is 3.54. The van der Waals surface area contributed by atoms with E-state index in [-0.39, 0.29) is 11.9 Å². The van der Waals surface area contributed by atoms with Crippen LogP contribution in [0.15, 0.2) is 0 Å². The van der Waals surface area contributed by atoms with E-state index >= 15 is 0 Å². The smallest absolute Gasteiger partial charge is 0.308 e. The Morgan fingerprint density at radius 1 is 1.43 bits per heavy atom. The van der Waals surface area contributed by atoms with Crippen LogP contribution in [0.2, 0.25) is 0 Å². The van der Waals surface area contributed by atoms with Gasteiger partial charge in [-0.2, -0.15) is 0 Å². The molecule has 0 atom stereocenters. The SMILES string of the molecule is COC(=O)C1CC2(CC(CCN)C2)C1. The largest absolute Gasteiger partial charge is 0.469 e. The number of carbonyl (C=O) groups is 1. The van der Waals surface area contributed by atoms with Crippen molar-refractivity contribution in [3.05, 3.63) is 0 Å². The number of hydrogen-bond acceptors (Lipinski definition) is 3. The van der Waals surface area contributed by atoms with Gasteiger partial charge in [-0.1, -0.05) is 0 Å². The van der Waals surface area contributed by atoms with E-state index in [2.05, 4.69) is 0 Å². The van der Waals surface area contributed by atoms with E-state index in [0.29, 0.717) is 5.41 Å². The Labute approximate surface area is 85.0 Å². The maximum absolute atomic E-state index is 11.2. The van der Waals surface area contributed by atoms with E-state index in [1.54, 1.807) is 0 Å². The molecule has 80 valence electrons. The van der Waals surface area contributed by atoms with E-state index in [1.807, 2.05) is 0 Å². The minimum Gasteiger partial charge on any atom is -0.469 e. The molecular weight excluding hydrogens is 178 g/mol. The fourth-order valence-corrected chi connectivity index (χ4v) is 3.26. The summed E-state index contributed by atoms with van der Waals surface area (Å²) in [4.78, 5) is 11.2. The van der Waals surface area contributed by atoms with Crippen LogP contribution in [-0.4, -0.2) is 19.6 Å². The van der Waals surface area contributed by atoms with Crippen molar-refractivity contribution in [3.8, 4) is 0 Å². The molecule has 2 saturated carbocycles. The average molecular weight is 197 g/mol. The second-order valence-corrected chi connectivity index (χ2v) is 4.98. The first-order valence-corrected chi connectivity index (χ1v) is 5.47. The van der Waals surface area contributed by atoms with Gasteiger partial charge in [-0.05, 0) is 50.0 Å². The van der Waals surface area contributed by atoms with E-state index in [9.17, 15) is 4.79 Å². The molecule has 3 heteroatoms. The lowest BCUT2D eigenvalue weighted by Gasteiger charge is -2.57. The van der Waals surface area contributed by atoms with Gasteiger partial charge in [-0.3, -0.25) is 4.79 Å². The summed E-state index contributed by atoms with van der Waals surface area (Å²) in [6, 6.07) is 0. The lowest BCUT2D eigenvalue weighted by atomic mass is 9.48. The highest BCUT2D eigenvalue weighted by Gasteiger charge is 2.54. The molecule has 3 nitrogen and oxygen atoms in total. The van der Waals surface area contributed by atoms with Crippen LogP contribution >= 0.6 is 0 Å². The van der Waals surface area contributed by atoms with Crippen molar-refractivity contribution in [2.45, 2.75) is 32.1 Å². The van der Waals surface area contributed by atoms with E-state index in [0.717, 1.165) is 31.7 Å². The van der Waals surface area contributed by atoms with Gasteiger partial charge in [0.25, 0.3) is 0 Å². The van der Waals surface area contributed by atoms with Gasteiger partial charge in [0.05, 0.1) is 13.0 Å². The fourth-order valence-electron chi connectivity index (χ4n) is 3.26. The molecule has 1 spiro atoms. The Hall–Kier alpha value is -0.570. The van der Waals surface area contributed by atoms with Crippen LogP contribution in [0, 0.1) is 17.3 Å². The number of ether oxygens (including phenoxy) is 1. The molecule has 0 radical (unpaired) electrons. The lowest BCUT2D eigenvalue weighted by Crippen LogP contribution is -2.50. The third-order valence-corrected chi connectivity index (χ3v) is 3.91. The van der Waals surface area contributed by atoms with Crippen LogP contribution in [0.25, 0.3) is 0 Å². The zero-order chi connectivity index (χ0) is 10.2. The second-order valence-electron chi connectivity index (χ2n) is 4.98. The molecule has 0 aliphatic heterocycles. The molecule has 0 unspecified atom stereocenters. The summed E-state index contributed by atoms with van der Waals surface area (Å²) in [6.07, 6.45) is 5.85. The molecule has 0 amide bonds. The molecule has 0 aromatic carbocycles. The summed E-state index contributed by atoms with van der Waals surface area (Å²) in [5.41, 5.74) is 6.02. The molecule has 2 rings (SSSR count). The van der Waals surface area contributed by atoms with E-state index < -0.39 is 0 Å². The Morgan fingerprint density at radius 3 is 2.57 bits per heavy atom. The predicted octanol–water partition coefficient (Wildman–Crippen LogP) is 1.31.